The Morgan fingerprint density at radius 3 is 2.14 bits per heavy atom. The quantitative estimate of drug-likeness (QED) is 0.275. The van der Waals surface area contributed by atoms with Crippen LogP contribution in [0, 0.1) is 0 Å². The summed E-state index contributed by atoms with van der Waals surface area (Å²) in [5, 5.41) is 29.6. The molecule has 11 nitrogen and oxygen atoms in total. The van der Waals surface area contributed by atoms with Crippen molar-refractivity contribution in [2.45, 2.75) is 43.5 Å². The van der Waals surface area contributed by atoms with Gasteiger partial charge in [0.25, 0.3) is 0 Å². The molecular weight excluding hydrogens is 325 g/mol. The first-order chi connectivity index (χ1) is 9.82. The zero-order valence-electron chi connectivity index (χ0n) is 11.7. The zero-order chi connectivity index (χ0) is 17.5. The molecule has 0 spiro atoms. The van der Waals surface area contributed by atoms with Gasteiger partial charge in [0.15, 0.2) is 29.0 Å². The number of carbonyl (C=O) groups is 2. The highest BCUT2D eigenvalue weighted by Gasteiger charge is 2.69. The fraction of sp³-hybridized carbons (Fsp3) is 0.800. The number of carbonyl (C=O) groups excluding carboxylic acids is 2. The van der Waals surface area contributed by atoms with Crippen LogP contribution in [-0.4, -0.2) is 72.9 Å². The summed E-state index contributed by atoms with van der Waals surface area (Å²) in [5.41, 5.74) is -0.0976. The highest BCUT2D eigenvalue weighted by Crippen LogP contribution is 2.46. The minimum Gasteiger partial charge on any atom is -0.394 e. The van der Waals surface area contributed by atoms with E-state index in [1.165, 1.54) is 0 Å². The minimum atomic E-state index is -5.24. The van der Waals surface area contributed by atoms with Crippen LogP contribution in [-0.2, 0) is 23.4 Å². The van der Waals surface area contributed by atoms with E-state index in [1.54, 1.807) is 0 Å². The standard InChI is InChI=1S/C10H18NO10P/c1-4(13)9(11)8(21-22(17,18)19)20-6(3-12)7(15)10(9,16)5(2)14/h6-8,12,15-16H,3,11H2,1-2H3,(H2,17,18,19)/t6-,7-,8?,9+,10+/m1/s1. The number of ether oxygens (including phenoxy) is 1. The Bertz CT molecular complexity index is 520. The molecular formula is C10H18NO10P. The molecule has 1 rings (SSSR count). The SMILES string of the molecule is CC(=O)[C@]1(N)C(OP(=O)(O)O)O[C@H](CO)[C@@H](O)[C@@]1(O)C(C)=O. The zero-order valence-corrected chi connectivity index (χ0v) is 12.6. The largest absolute Gasteiger partial charge is 0.472 e. The van der Waals surface area contributed by atoms with E-state index in [9.17, 15) is 24.4 Å². The summed E-state index contributed by atoms with van der Waals surface area (Å²) < 4.78 is 20.1. The number of ketones is 2. The molecule has 1 saturated heterocycles. The normalized spacial score (nSPS) is 39.5. The molecule has 1 unspecified atom stereocenters. The molecule has 1 aliphatic rings. The van der Waals surface area contributed by atoms with E-state index in [0.717, 1.165) is 13.8 Å². The Hall–Kier alpha value is -0.750. The van der Waals surface area contributed by atoms with Gasteiger partial charge >= 0.3 is 7.82 Å². The summed E-state index contributed by atoms with van der Waals surface area (Å²) in [7, 11) is -5.24. The van der Waals surface area contributed by atoms with Crippen LogP contribution in [0.1, 0.15) is 13.8 Å². The molecule has 22 heavy (non-hydrogen) atoms. The molecule has 1 heterocycles. The Balaban J connectivity index is 3.52. The van der Waals surface area contributed by atoms with E-state index in [4.69, 9.17) is 25.4 Å². The average Bonchev–Trinajstić information content (AvgIpc) is 2.37. The summed E-state index contributed by atoms with van der Waals surface area (Å²) in [6.45, 7) is 0.688. The van der Waals surface area contributed by atoms with Crippen LogP contribution in [0.4, 0.5) is 0 Å². The number of hydrogen-bond acceptors (Lipinski definition) is 9. The van der Waals surface area contributed by atoms with Gasteiger partial charge in [0.1, 0.15) is 12.2 Å². The van der Waals surface area contributed by atoms with Crippen molar-refractivity contribution < 1.29 is 48.5 Å². The number of aliphatic hydroxyl groups is 3. The highest BCUT2D eigenvalue weighted by molar-refractivity contribution is 7.46. The van der Waals surface area contributed by atoms with Gasteiger partial charge in [-0.15, -0.1) is 0 Å². The van der Waals surface area contributed by atoms with Crippen LogP contribution in [0.15, 0.2) is 0 Å². The molecule has 12 heteroatoms. The summed E-state index contributed by atoms with van der Waals surface area (Å²) in [6.07, 6.45) is -6.07. The Morgan fingerprint density at radius 1 is 1.32 bits per heavy atom. The van der Waals surface area contributed by atoms with Gasteiger partial charge < -0.3 is 35.6 Å². The predicted molar refractivity (Wildman–Crippen MR) is 68.1 cm³/mol. The van der Waals surface area contributed by atoms with Crippen molar-refractivity contribution in [1.82, 2.24) is 0 Å². The van der Waals surface area contributed by atoms with Gasteiger partial charge in [0.2, 0.25) is 0 Å². The van der Waals surface area contributed by atoms with Crippen LogP contribution >= 0.6 is 7.82 Å². The lowest BCUT2D eigenvalue weighted by molar-refractivity contribution is -0.290. The lowest BCUT2D eigenvalue weighted by Crippen LogP contribution is -2.83. The van der Waals surface area contributed by atoms with Crippen LogP contribution in [0.25, 0.3) is 0 Å². The van der Waals surface area contributed by atoms with Crippen molar-refractivity contribution >= 4 is 19.4 Å². The second kappa shape index (κ2) is 6.04. The third-order valence-electron chi connectivity index (χ3n) is 3.61. The van der Waals surface area contributed by atoms with Gasteiger partial charge in [-0.05, 0) is 13.8 Å². The molecule has 5 atom stereocenters. The number of nitrogens with two attached hydrogens (primary N) is 1. The third kappa shape index (κ3) is 2.87. The molecule has 128 valence electrons. The average molecular weight is 343 g/mol. The van der Waals surface area contributed by atoms with Gasteiger partial charge in [-0.1, -0.05) is 0 Å². The molecule has 0 aromatic heterocycles. The Labute approximate surface area is 124 Å². The fourth-order valence-electron chi connectivity index (χ4n) is 2.34. The maximum Gasteiger partial charge on any atom is 0.472 e. The van der Waals surface area contributed by atoms with Crippen molar-refractivity contribution in [1.29, 1.82) is 0 Å². The number of Topliss-reactive ketones (excluding diaryl/α,β-unsaturated/α-hetero) is 2. The van der Waals surface area contributed by atoms with Crippen molar-refractivity contribution in [3.05, 3.63) is 0 Å². The lowest BCUT2D eigenvalue weighted by Gasteiger charge is -2.53. The first kappa shape index (κ1) is 19.3. The van der Waals surface area contributed by atoms with Crippen LogP contribution in [0.2, 0.25) is 0 Å². The van der Waals surface area contributed by atoms with E-state index in [1.807, 2.05) is 0 Å². The summed E-state index contributed by atoms with van der Waals surface area (Å²) >= 11 is 0. The first-order valence-electron chi connectivity index (χ1n) is 6.04. The van der Waals surface area contributed by atoms with Crippen molar-refractivity contribution in [3.63, 3.8) is 0 Å². The van der Waals surface area contributed by atoms with Crippen molar-refractivity contribution in [3.8, 4) is 0 Å². The molecule has 0 saturated carbocycles. The van der Waals surface area contributed by atoms with Crippen LogP contribution in [0.5, 0.6) is 0 Å². The number of hydrogen-bond donors (Lipinski definition) is 6. The van der Waals surface area contributed by atoms with E-state index in [2.05, 4.69) is 4.52 Å². The van der Waals surface area contributed by atoms with Gasteiger partial charge in [0.05, 0.1) is 6.61 Å². The molecule has 0 aromatic carbocycles. The van der Waals surface area contributed by atoms with Crippen LogP contribution < -0.4 is 5.73 Å². The minimum absolute atomic E-state index is 0.808. The Morgan fingerprint density at radius 2 is 1.82 bits per heavy atom. The van der Waals surface area contributed by atoms with E-state index in [-0.39, 0.29) is 0 Å². The molecule has 0 aliphatic carbocycles. The van der Waals surface area contributed by atoms with E-state index >= 15 is 0 Å². The molecule has 1 fully saturated rings. The second-order valence-electron chi connectivity index (χ2n) is 4.98. The molecule has 0 radical (unpaired) electrons. The van der Waals surface area contributed by atoms with Crippen LogP contribution in [0.3, 0.4) is 0 Å². The topological polar surface area (TPSA) is 197 Å². The van der Waals surface area contributed by atoms with Crippen molar-refractivity contribution in [2.24, 2.45) is 5.73 Å². The van der Waals surface area contributed by atoms with Crippen molar-refractivity contribution in [2.75, 3.05) is 6.61 Å². The van der Waals surface area contributed by atoms with E-state index in [0.29, 0.717) is 0 Å². The maximum atomic E-state index is 11.9. The lowest BCUT2D eigenvalue weighted by atomic mass is 9.68. The van der Waals surface area contributed by atoms with Gasteiger partial charge in [-0.2, -0.15) is 0 Å². The molecule has 0 amide bonds. The summed E-state index contributed by atoms with van der Waals surface area (Å²) in [4.78, 5) is 41.4. The third-order valence-corrected chi connectivity index (χ3v) is 4.08. The first-order valence-corrected chi connectivity index (χ1v) is 7.57. The highest BCUT2D eigenvalue weighted by atomic mass is 31.2. The van der Waals surface area contributed by atoms with Gasteiger partial charge in [-0.3, -0.25) is 14.1 Å². The monoisotopic (exact) mass is 343 g/mol. The second-order valence-corrected chi connectivity index (χ2v) is 6.17. The number of rotatable bonds is 5. The fourth-order valence-corrected chi connectivity index (χ4v) is 2.81. The number of phosphoric acid groups is 1. The van der Waals surface area contributed by atoms with Gasteiger partial charge in [-0.25, -0.2) is 4.57 Å². The number of phosphoric ester groups is 1. The Kier molecular flexibility index (Phi) is 5.30. The summed E-state index contributed by atoms with van der Waals surface area (Å²) in [5.74, 6) is -2.29. The summed E-state index contributed by atoms with van der Waals surface area (Å²) in [6, 6.07) is 0. The van der Waals surface area contributed by atoms with E-state index < -0.39 is 55.6 Å². The molecule has 0 aromatic rings. The molecule has 1 aliphatic heterocycles. The van der Waals surface area contributed by atoms with Gasteiger partial charge in [0, 0.05) is 0 Å². The molecule has 7 N–H and O–H groups in total. The smallest absolute Gasteiger partial charge is 0.394 e. The maximum absolute atomic E-state index is 11.9. The number of aliphatic hydroxyl groups excluding tert-OH is 2. The predicted octanol–water partition coefficient (Wildman–Crippen LogP) is -3.22. The molecule has 0 bridgehead atoms.